The Morgan fingerprint density at radius 2 is 2.21 bits per heavy atom. The van der Waals surface area contributed by atoms with Crippen LogP contribution in [0, 0.1) is 0 Å². The molecule has 3 rings (SSSR count). The summed E-state index contributed by atoms with van der Waals surface area (Å²) in [6, 6.07) is 7.53. The first kappa shape index (κ1) is 11.5. The van der Waals surface area contributed by atoms with Gasteiger partial charge in [-0.05, 0) is 19.1 Å². The number of aromatic hydroxyl groups is 1. The normalized spacial score (nSPS) is 10.8. The van der Waals surface area contributed by atoms with Crippen LogP contribution in [0.15, 0.2) is 36.8 Å². The van der Waals surface area contributed by atoms with Gasteiger partial charge < -0.3 is 9.84 Å². The molecule has 6 heteroatoms. The SMILES string of the molecule is CCOc1cccc(-n2ncc3c(O)ncnc32)c1. The smallest absolute Gasteiger partial charge is 0.225 e. The predicted molar refractivity (Wildman–Crippen MR) is 69.5 cm³/mol. The van der Waals surface area contributed by atoms with Crippen LogP contribution in [-0.4, -0.2) is 31.5 Å². The summed E-state index contributed by atoms with van der Waals surface area (Å²) in [6.45, 7) is 2.54. The van der Waals surface area contributed by atoms with Gasteiger partial charge in [0.15, 0.2) is 5.65 Å². The molecule has 3 aromatic rings. The number of benzene rings is 1. The fourth-order valence-electron chi connectivity index (χ4n) is 1.89. The Kier molecular flexibility index (Phi) is 2.75. The largest absolute Gasteiger partial charge is 0.494 e. The van der Waals surface area contributed by atoms with Crippen LogP contribution in [0.4, 0.5) is 0 Å². The Morgan fingerprint density at radius 3 is 3.05 bits per heavy atom. The van der Waals surface area contributed by atoms with Crippen LogP contribution >= 0.6 is 0 Å². The van der Waals surface area contributed by atoms with Crippen LogP contribution in [0.5, 0.6) is 11.6 Å². The van der Waals surface area contributed by atoms with E-state index in [1.807, 2.05) is 31.2 Å². The zero-order valence-electron chi connectivity index (χ0n) is 10.3. The monoisotopic (exact) mass is 256 g/mol. The van der Waals surface area contributed by atoms with E-state index >= 15 is 0 Å². The lowest BCUT2D eigenvalue weighted by Crippen LogP contribution is -1.99. The van der Waals surface area contributed by atoms with Crippen LogP contribution in [0.1, 0.15) is 6.92 Å². The molecule has 0 fully saturated rings. The average molecular weight is 256 g/mol. The molecule has 1 N–H and O–H groups in total. The van der Waals surface area contributed by atoms with Crippen molar-refractivity contribution in [2.45, 2.75) is 6.92 Å². The molecule has 2 heterocycles. The molecule has 2 aromatic heterocycles. The highest BCUT2D eigenvalue weighted by Gasteiger charge is 2.10. The van der Waals surface area contributed by atoms with Gasteiger partial charge in [-0.3, -0.25) is 0 Å². The van der Waals surface area contributed by atoms with Gasteiger partial charge in [-0.15, -0.1) is 0 Å². The van der Waals surface area contributed by atoms with E-state index in [1.165, 1.54) is 12.5 Å². The molecule has 0 atom stereocenters. The lowest BCUT2D eigenvalue weighted by atomic mass is 10.3. The summed E-state index contributed by atoms with van der Waals surface area (Å²) in [5.41, 5.74) is 1.38. The first-order valence-electron chi connectivity index (χ1n) is 5.90. The lowest BCUT2D eigenvalue weighted by Gasteiger charge is -2.06. The van der Waals surface area contributed by atoms with Crippen LogP contribution in [-0.2, 0) is 0 Å². The minimum Gasteiger partial charge on any atom is -0.494 e. The zero-order valence-corrected chi connectivity index (χ0v) is 10.3. The van der Waals surface area contributed by atoms with Gasteiger partial charge in [0.05, 0.1) is 18.5 Å². The summed E-state index contributed by atoms with van der Waals surface area (Å²) < 4.78 is 7.10. The highest BCUT2D eigenvalue weighted by Crippen LogP contribution is 2.23. The quantitative estimate of drug-likeness (QED) is 0.775. The molecule has 6 nitrogen and oxygen atoms in total. The van der Waals surface area contributed by atoms with E-state index in [1.54, 1.807) is 4.68 Å². The third-order valence-electron chi connectivity index (χ3n) is 2.72. The lowest BCUT2D eigenvalue weighted by molar-refractivity contribution is 0.340. The van der Waals surface area contributed by atoms with E-state index in [0.717, 1.165) is 11.4 Å². The molecule has 0 spiro atoms. The van der Waals surface area contributed by atoms with Crippen LogP contribution in [0.2, 0.25) is 0 Å². The molecule has 96 valence electrons. The topological polar surface area (TPSA) is 73.1 Å². The summed E-state index contributed by atoms with van der Waals surface area (Å²) in [5.74, 6) is 0.694. The van der Waals surface area contributed by atoms with Gasteiger partial charge >= 0.3 is 0 Å². The molecule has 0 saturated carbocycles. The Bertz CT molecular complexity index is 723. The van der Waals surface area contributed by atoms with Crippen LogP contribution in [0.3, 0.4) is 0 Å². The number of rotatable bonds is 3. The van der Waals surface area contributed by atoms with Crippen molar-refractivity contribution < 1.29 is 9.84 Å². The number of nitrogens with zero attached hydrogens (tertiary/aromatic N) is 4. The van der Waals surface area contributed by atoms with Crippen molar-refractivity contribution in [3.05, 3.63) is 36.8 Å². The first-order valence-corrected chi connectivity index (χ1v) is 5.90. The second kappa shape index (κ2) is 4.56. The van der Waals surface area contributed by atoms with Crippen molar-refractivity contribution in [1.29, 1.82) is 0 Å². The molecule has 0 aliphatic carbocycles. The summed E-state index contributed by atoms with van der Waals surface area (Å²) >= 11 is 0. The minimum absolute atomic E-state index is 0.0720. The molecule has 0 amide bonds. The number of ether oxygens (including phenoxy) is 1. The van der Waals surface area contributed by atoms with Crippen molar-refractivity contribution in [2.24, 2.45) is 0 Å². The van der Waals surface area contributed by atoms with Gasteiger partial charge in [-0.25, -0.2) is 14.6 Å². The maximum Gasteiger partial charge on any atom is 0.225 e. The van der Waals surface area contributed by atoms with Crippen LogP contribution < -0.4 is 4.74 Å². The maximum absolute atomic E-state index is 9.64. The molecular weight excluding hydrogens is 244 g/mol. The molecule has 0 saturated heterocycles. The fraction of sp³-hybridized carbons (Fsp3) is 0.154. The molecule has 0 aliphatic rings. The summed E-state index contributed by atoms with van der Waals surface area (Å²) in [6.07, 6.45) is 2.85. The first-order chi connectivity index (χ1) is 9.29. The van der Waals surface area contributed by atoms with Crippen molar-refractivity contribution >= 4 is 11.0 Å². The highest BCUT2D eigenvalue weighted by molar-refractivity contribution is 5.80. The van der Waals surface area contributed by atoms with E-state index in [9.17, 15) is 5.11 Å². The molecule has 1 aromatic carbocycles. The number of fused-ring (bicyclic) bond motifs is 1. The van der Waals surface area contributed by atoms with Gasteiger partial charge in [-0.1, -0.05) is 6.07 Å². The Labute approximate surface area is 109 Å². The second-order valence-electron chi connectivity index (χ2n) is 3.92. The Balaban J connectivity index is 2.14. The van der Waals surface area contributed by atoms with Gasteiger partial charge in [0.2, 0.25) is 5.88 Å². The fourth-order valence-corrected chi connectivity index (χ4v) is 1.89. The molecule has 0 aliphatic heterocycles. The van der Waals surface area contributed by atoms with E-state index in [0.29, 0.717) is 17.6 Å². The summed E-state index contributed by atoms with van der Waals surface area (Å²) in [4.78, 5) is 7.87. The van der Waals surface area contributed by atoms with E-state index < -0.39 is 0 Å². The Hall–Kier alpha value is -2.63. The van der Waals surface area contributed by atoms with Crippen molar-refractivity contribution in [1.82, 2.24) is 19.7 Å². The summed E-state index contributed by atoms with van der Waals surface area (Å²) in [7, 11) is 0. The number of hydrogen-bond donors (Lipinski definition) is 1. The standard InChI is InChI=1S/C13H12N4O2/c1-2-19-10-5-3-4-9(6-10)17-12-11(7-16-17)13(18)15-8-14-12/h3-8H,2H2,1H3,(H,14,15,18). The van der Waals surface area contributed by atoms with Crippen LogP contribution in [0.25, 0.3) is 16.7 Å². The van der Waals surface area contributed by atoms with Crippen molar-refractivity contribution in [3.63, 3.8) is 0 Å². The predicted octanol–water partition coefficient (Wildman–Crippen LogP) is 1.92. The van der Waals surface area contributed by atoms with Gasteiger partial charge in [0, 0.05) is 6.07 Å². The van der Waals surface area contributed by atoms with Gasteiger partial charge in [0.1, 0.15) is 17.5 Å². The molecule has 19 heavy (non-hydrogen) atoms. The highest BCUT2D eigenvalue weighted by atomic mass is 16.5. The van der Waals surface area contributed by atoms with E-state index in [-0.39, 0.29) is 5.88 Å². The Morgan fingerprint density at radius 1 is 1.32 bits per heavy atom. The van der Waals surface area contributed by atoms with Gasteiger partial charge in [-0.2, -0.15) is 5.10 Å². The molecule has 0 unspecified atom stereocenters. The second-order valence-corrected chi connectivity index (χ2v) is 3.92. The third-order valence-corrected chi connectivity index (χ3v) is 2.72. The minimum atomic E-state index is -0.0720. The number of aromatic nitrogens is 4. The van der Waals surface area contributed by atoms with E-state index in [2.05, 4.69) is 15.1 Å². The molecular formula is C13H12N4O2. The molecule has 0 bridgehead atoms. The average Bonchev–Trinajstić information content (AvgIpc) is 2.85. The third kappa shape index (κ3) is 1.97. The van der Waals surface area contributed by atoms with Gasteiger partial charge in [0.25, 0.3) is 0 Å². The molecule has 0 radical (unpaired) electrons. The van der Waals surface area contributed by atoms with Crippen molar-refractivity contribution in [2.75, 3.05) is 6.61 Å². The number of hydrogen-bond acceptors (Lipinski definition) is 5. The summed E-state index contributed by atoms with van der Waals surface area (Å²) in [5, 5.41) is 14.4. The van der Waals surface area contributed by atoms with E-state index in [4.69, 9.17) is 4.74 Å². The maximum atomic E-state index is 9.64. The van der Waals surface area contributed by atoms with Crippen molar-refractivity contribution in [3.8, 4) is 17.3 Å². The zero-order chi connectivity index (χ0) is 13.2.